The topological polar surface area (TPSA) is 85.9 Å². The van der Waals surface area contributed by atoms with Crippen molar-refractivity contribution in [1.82, 2.24) is 10.9 Å². The average Bonchev–Trinajstić information content (AvgIpc) is 2.63. The molecule has 0 heterocycles. The maximum absolute atomic E-state index is 12.2. The molecule has 0 saturated heterocycles. The first-order valence-corrected chi connectivity index (χ1v) is 7.95. The number of nitrogens with one attached hydrogen (secondary N) is 2. The standard InChI is InChI=1S/C19H22N2O5/c1-12-7-13(2)9-15(8-12)26-11-18(22)20-21-19(23)16-6-5-14(24-3)10-17(16)25-4/h5-10H,11H2,1-4H3,(H,20,22)(H,21,23). The first-order valence-electron chi connectivity index (χ1n) is 7.95. The Kier molecular flexibility index (Phi) is 6.43. The van der Waals surface area contributed by atoms with Crippen LogP contribution in [0.2, 0.25) is 0 Å². The lowest BCUT2D eigenvalue weighted by Gasteiger charge is -2.12. The van der Waals surface area contributed by atoms with Crippen molar-refractivity contribution in [3.8, 4) is 17.2 Å². The van der Waals surface area contributed by atoms with Gasteiger partial charge in [0.1, 0.15) is 17.2 Å². The fraction of sp³-hybridized carbons (Fsp3) is 0.263. The highest BCUT2D eigenvalue weighted by Crippen LogP contribution is 2.24. The molecule has 0 aliphatic carbocycles. The molecule has 0 unspecified atom stereocenters. The van der Waals surface area contributed by atoms with Crippen molar-refractivity contribution in [1.29, 1.82) is 0 Å². The van der Waals surface area contributed by atoms with Crippen LogP contribution in [0.3, 0.4) is 0 Å². The molecule has 0 aliphatic rings. The van der Waals surface area contributed by atoms with E-state index >= 15 is 0 Å². The van der Waals surface area contributed by atoms with Crippen LogP contribution in [0.4, 0.5) is 0 Å². The number of carbonyl (C=O) groups is 2. The van der Waals surface area contributed by atoms with Crippen molar-refractivity contribution in [2.45, 2.75) is 13.8 Å². The molecule has 0 saturated carbocycles. The summed E-state index contributed by atoms with van der Waals surface area (Å²) in [5.74, 6) is 0.502. The zero-order chi connectivity index (χ0) is 19.1. The number of rotatable bonds is 6. The van der Waals surface area contributed by atoms with Gasteiger partial charge >= 0.3 is 0 Å². The maximum Gasteiger partial charge on any atom is 0.276 e. The zero-order valence-electron chi connectivity index (χ0n) is 15.2. The Hall–Kier alpha value is -3.22. The van der Waals surface area contributed by atoms with Gasteiger partial charge in [-0.3, -0.25) is 20.4 Å². The highest BCUT2D eigenvalue weighted by Gasteiger charge is 2.14. The summed E-state index contributed by atoms with van der Waals surface area (Å²) in [5.41, 5.74) is 6.99. The van der Waals surface area contributed by atoms with Gasteiger partial charge in [-0.2, -0.15) is 0 Å². The van der Waals surface area contributed by atoms with Crippen LogP contribution in [0.1, 0.15) is 21.5 Å². The number of aryl methyl sites for hydroxylation is 2. The fourth-order valence-corrected chi connectivity index (χ4v) is 2.38. The summed E-state index contributed by atoms with van der Waals surface area (Å²) in [5, 5.41) is 0. The first-order chi connectivity index (χ1) is 12.4. The maximum atomic E-state index is 12.2. The summed E-state index contributed by atoms with van der Waals surface area (Å²) in [6.45, 7) is 3.67. The van der Waals surface area contributed by atoms with E-state index in [9.17, 15) is 9.59 Å². The zero-order valence-corrected chi connectivity index (χ0v) is 15.2. The molecule has 26 heavy (non-hydrogen) atoms. The van der Waals surface area contributed by atoms with E-state index in [4.69, 9.17) is 14.2 Å². The van der Waals surface area contributed by atoms with Gasteiger partial charge in [0, 0.05) is 6.07 Å². The molecule has 0 fully saturated rings. The number of hydrazine groups is 1. The van der Waals surface area contributed by atoms with Crippen molar-refractivity contribution < 1.29 is 23.8 Å². The van der Waals surface area contributed by atoms with Gasteiger partial charge in [0.05, 0.1) is 19.8 Å². The van der Waals surface area contributed by atoms with Crippen molar-refractivity contribution in [3.05, 3.63) is 53.1 Å². The Morgan fingerprint density at radius 1 is 0.885 bits per heavy atom. The second-order valence-electron chi connectivity index (χ2n) is 5.68. The molecule has 2 aromatic rings. The average molecular weight is 358 g/mol. The number of carbonyl (C=O) groups excluding carboxylic acids is 2. The number of ether oxygens (including phenoxy) is 3. The number of amides is 2. The summed E-state index contributed by atoms with van der Waals surface area (Å²) >= 11 is 0. The van der Waals surface area contributed by atoms with E-state index in [-0.39, 0.29) is 12.2 Å². The van der Waals surface area contributed by atoms with Crippen LogP contribution in [0.5, 0.6) is 17.2 Å². The van der Waals surface area contributed by atoms with Crippen LogP contribution in [0.15, 0.2) is 36.4 Å². The summed E-state index contributed by atoms with van der Waals surface area (Å²) in [4.78, 5) is 24.1. The Labute approximate surface area is 152 Å². The summed E-state index contributed by atoms with van der Waals surface area (Å²) < 4.78 is 15.7. The lowest BCUT2D eigenvalue weighted by atomic mass is 10.1. The minimum Gasteiger partial charge on any atom is -0.497 e. The van der Waals surface area contributed by atoms with Gasteiger partial charge < -0.3 is 14.2 Å². The van der Waals surface area contributed by atoms with E-state index in [1.165, 1.54) is 14.2 Å². The van der Waals surface area contributed by atoms with Crippen LogP contribution >= 0.6 is 0 Å². The number of hydrogen-bond donors (Lipinski definition) is 2. The molecule has 7 nitrogen and oxygen atoms in total. The molecule has 0 atom stereocenters. The van der Waals surface area contributed by atoms with Gasteiger partial charge in [0.25, 0.3) is 11.8 Å². The third kappa shape index (κ3) is 5.14. The highest BCUT2D eigenvalue weighted by atomic mass is 16.5. The quantitative estimate of drug-likeness (QED) is 0.773. The molecule has 0 aliphatic heterocycles. The molecule has 2 rings (SSSR count). The predicted molar refractivity (Wildman–Crippen MR) is 96.6 cm³/mol. The molecular weight excluding hydrogens is 336 g/mol. The fourth-order valence-electron chi connectivity index (χ4n) is 2.38. The van der Waals surface area contributed by atoms with Gasteiger partial charge in [-0.05, 0) is 49.2 Å². The van der Waals surface area contributed by atoms with Crippen molar-refractivity contribution in [3.63, 3.8) is 0 Å². The Balaban J connectivity index is 1.89. The second kappa shape index (κ2) is 8.75. The van der Waals surface area contributed by atoms with E-state index in [2.05, 4.69) is 10.9 Å². The summed E-state index contributed by atoms with van der Waals surface area (Å²) in [6, 6.07) is 10.4. The normalized spacial score (nSPS) is 10.0. The molecule has 2 aromatic carbocycles. The van der Waals surface area contributed by atoms with E-state index in [1.807, 2.05) is 32.0 Å². The molecule has 138 valence electrons. The van der Waals surface area contributed by atoms with E-state index < -0.39 is 11.8 Å². The van der Waals surface area contributed by atoms with Crippen LogP contribution in [-0.4, -0.2) is 32.6 Å². The lowest BCUT2D eigenvalue weighted by Crippen LogP contribution is -2.43. The monoisotopic (exact) mass is 358 g/mol. The smallest absolute Gasteiger partial charge is 0.276 e. The summed E-state index contributed by atoms with van der Waals surface area (Å²) in [6.07, 6.45) is 0. The van der Waals surface area contributed by atoms with Crippen LogP contribution in [0, 0.1) is 13.8 Å². The van der Waals surface area contributed by atoms with Crippen molar-refractivity contribution >= 4 is 11.8 Å². The van der Waals surface area contributed by atoms with Gasteiger partial charge in [-0.15, -0.1) is 0 Å². The summed E-state index contributed by atoms with van der Waals surface area (Å²) in [7, 11) is 2.96. The molecule has 0 radical (unpaired) electrons. The van der Waals surface area contributed by atoms with Crippen LogP contribution in [0.25, 0.3) is 0 Å². The predicted octanol–water partition coefficient (Wildman–Crippen LogP) is 2.16. The van der Waals surface area contributed by atoms with Gasteiger partial charge in [0.15, 0.2) is 6.61 Å². The van der Waals surface area contributed by atoms with Crippen LogP contribution in [-0.2, 0) is 4.79 Å². The van der Waals surface area contributed by atoms with Gasteiger partial charge in [-0.1, -0.05) is 6.07 Å². The van der Waals surface area contributed by atoms with E-state index in [0.29, 0.717) is 17.2 Å². The third-order valence-electron chi connectivity index (χ3n) is 3.53. The largest absolute Gasteiger partial charge is 0.497 e. The van der Waals surface area contributed by atoms with E-state index in [1.54, 1.807) is 18.2 Å². The number of methoxy groups -OCH3 is 2. The second-order valence-corrected chi connectivity index (χ2v) is 5.68. The van der Waals surface area contributed by atoms with Crippen LogP contribution < -0.4 is 25.1 Å². The molecule has 7 heteroatoms. The molecular formula is C19H22N2O5. The number of benzene rings is 2. The third-order valence-corrected chi connectivity index (χ3v) is 3.53. The van der Waals surface area contributed by atoms with E-state index in [0.717, 1.165) is 11.1 Å². The van der Waals surface area contributed by atoms with Gasteiger partial charge in [-0.25, -0.2) is 0 Å². The minimum atomic E-state index is -0.510. The highest BCUT2D eigenvalue weighted by molar-refractivity contribution is 5.98. The SMILES string of the molecule is COc1ccc(C(=O)NNC(=O)COc2cc(C)cc(C)c2)c(OC)c1. The minimum absolute atomic E-state index is 0.219. The molecule has 0 spiro atoms. The molecule has 0 aromatic heterocycles. The molecule has 0 bridgehead atoms. The molecule has 2 N–H and O–H groups in total. The molecule has 2 amide bonds. The Morgan fingerprint density at radius 2 is 1.58 bits per heavy atom. The Bertz CT molecular complexity index is 784. The Morgan fingerprint density at radius 3 is 2.19 bits per heavy atom. The van der Waals surface area contributed by atoms with Crippen molar-refractivity contribution in [2.24, 2.45) is 0 Å². The van der Waals surface area contributed by atoms with Crippen molar-refractivity contribution in [2.75, 3.05) is 20.8 Å². The lowest BCUT2D eigenvalue weighted by molar-refractivity contribution is -0.123. The number of hydrogen-bond acceptors (Lipinski definition) is 5. The first kappa shape index (κ1) is 19.1. The van der Waals surface area contributed by atoms with Gasteiger partial charge in [0.2, 0.25) is 0 Å².